The van der Waals surface area contributed by atoms with E-state index in [1.807, 2.05) is 6.92 Å². The van der Waals surface area contributed by atoms with E-state index in [0.29, 0.717) is 6.10 Å². The zero-order chi connectivity index (χ0) is 11.0. The lowest BCUT2D eigenvalue weighted by atomic mass is 10.1. The summed E-state index contributed by atoms with van der Waals surface area (Å²) in [5, 5.41) is 9.55. The van der Waals surface area contributed by atoms with E-state index in [4.69, 9.17) is 4.74 Å². The molecule has 0 aliphatic carbocycles. The summed E-state index contributed by atoms with van der Waals surface area (Å²) < 4.78 is 5.86. The maximum absolute atomic E-state index is 9.55. The lowest BCUT2D eigenvalue weighted by molar-refractivity contribution is -0.0770. The highest BCUT2D eigenvalue weighted by Gasteiger charge is 2.18. The second-order valence-electron chi connectivity index (χ2n) is 4.00. The summed E-state index contributed by atoms with van der Waals surface area (Å²) in [5.41, 5.74) is 0. The fraction of sp³-hybridized carbons (Fsp3) is 1.00. The Balaban J connectivity index is 3.93. The van der Waals surface area contributed by atoms with Crippen LogP contribution in [0, 0.1) is 0 Å². The van der Waals surface area contributed by atoms with Gasteiger partial charge in [0.15, 0.2) is 0 Å². The molecule has 14 heavy (non-hydrogen) atoms. The molecule has 2 atom stereocenters. The van der Waals surface area contributed by atoms with Crippen molar-refractivity contribution in [2.24, 2.45) is 0 Å². The van der Waals surface area contributed by atoms with Gasteiger partial charge in [0.1, 0.15) is 0 Å². The van der Waals surface area contributed by atoms with Crippen molar-refractivity contribution in [3.8, 4) is 0 Å². The summed E-state index contributed by atoms with van der Waals surface area (Å²) in [4.78, 5) is 0. The van der Waals surface area contributed by atoms with Crippen LogP contribution in [0.15, 0.2) is 0 Å². The Bertz CT molecular complexity index is 119. The molecule has 0 heterocycles. The largest absolute Gasteiger partial charge is 0.391 e. The predicted molar refractivity (Wildman–Crippen MR) is 60.4 cm³/mol. The average Bonchev–Trinajstić information content (AvgIpc) is 2.18. The van der Waals surface area contributed by atoms with Gasteiger partial charge in [0.05, 0.1) is 18.3 Å². The molecule has 0 amide bonds. The second kappa shape index (κ2) is 8.25. The molecule has 0 aromatic heterocycles. The first kappa shape index (κ1) is 13.9. The van der Waals surface area contributed by atoms with Crippen LogP contribution in [0.3, 0.4) is 0 Å². The van der Waals surface area contributed by atoms with E-state index in [1.54, 1.807) is 0 Å². The molecular formula is C12H26O2. The van der Waals surface area contributed by atoms with E-state index in [9.17, 15) is 5.11 Å². The molecule has 86 valence electrons. The Morgan fingerprint density at radius 2 is 1.71 bits per heavy atom. The third-order valence-electron chi connectivity index (χ3n) is 2.66. The van der Waals surface area contributed by atoms with Crippen molar-refractivity contribution in [2.45, 2.75) is 78.1 Å². The van der Waals surface area contributed by atoms with Crippen LogP contribution >= 0.6 is 0 Å². The van der Waals surface area contributed by atoms with Gasteiger partial charge in [-0.1, -0.05) is 33.6 Å². The number of hydrogen-bond donors (Lipinski definition) is 1. The van der Waals surface area contributed by atoms with E-state index in [0.717, 1.165) is 32.1 Å². The molecule has 0 aromatic carbocycles. The second-order valence-corrected chi connectivity index (χ2v) is 4.00. The molecule has 2 nitrogen and oxygen atoms in total. The molecule has 0 unspecified atom stereocenters. The van der Waals surface area contributed by atoms with Gasteiger partial charge < -0.3 is 9.84 Å². The standard InChI is InChI=1S/C12H26O2/c1-5-8-9-12(10(4)13)14-11(6-2)7-3/h10-13H,5-9H2,1-4H3/t10-,12+/m0/s1. The third kappa shape index (κ3) is 5.61. The summed E-state index contributed by atoms with van der Waals surface area (Å²) in [7, 11) is 0. The number of unbranched alkanes of at least 4 members (excludes halogenated alkanes) is 1. The third-order valence-corrected chi connectivity index (χ3v) is 2.66. The van der Waals surface area contributed by atoms with Gasteiger partial charge in [-0.3, -0.25) is 0 Å². The van der Waals surface area contributed by atoms with Crippen molar-refractivity contribution in [2.75, 3.05) is 0 Å². The summed E-state index contributed by atoms with van der Waals surface area (Å²) in [6.45, 7) is 8.25. The monoisotopic (exact) mass is 202 g/mol. The first-order valence-electron chi connectivity index (χ1n) is 5.99. The zero-order valence-electron chi connectivity index (χ0n) is 10.1. The smallest absolute Gasteiger partial charge is 0.0834 e. The van der Waals surface area contributed by atoms with E-state index >= 15 is 0 Å². The van der Waals surface area contributed by atoms with Crippen LogP contribution in [0.1, 0.15) is 59.8 Å². The summed E-state index contributed by atoms with van der Waals surface area (Å²) in [6.07, 6.45) is 5.33. The minimum atomic E-state index is -0.345. The quantitative estimate of drug-likeness (QED) is 0.655. The number of aliphatic hydroxyl groups is 1. The maximum Gasteiger partial charge on any atom is 0.0834 e. The molecule has 0 rings (SSSR count). The average molecular weight is 202 g/mol. The molecule has 0 spiro atoms. The minimum Gasteiger partial charge on any atom is -0.391 e. The van der Waals surface area contributed by atoms with Crippen LogP contribution in [-0.2, 0) is 4.74 Å². The summed E-state index contributed by atoms with van der Waals surface area (Å²) >= 11 is 0. The number of ether oxygens (including phenoxy) is 1. The lowest BCUT2D eigenvalue weighted by Crippen LogP contribution is -2.30. The Labute approximate surface area is 88.7 Å². The Kier molecular flexibility index (Phi) is 8.20. The number of hydrogen-bond acceptors (Lipinski definition) is 2. The van der Waals surface area contributed by atoms with Crippen LogP contribution < -0.4 is 0 Å². The fourth-order valence-corrected chi connectivity index (χ4v) is 1.56. The molecule has 0 aliphatic heterocycles. The highest BCUT2D eigenvalue weighted by molar-refractivity contribution is 4.67. The van der Waals surface area contributed by atoms with Crippen LogP contribution in [0.25, 0.3) is 0 Å². The Morgan fingerprint density at radius 3 is 2.07 bits per heavy atom. The number of rotatable bonds is 8. The molecule has 0 saturated carbocycles. The Hall–Kier alpha value is -0.0800. The van der Waals surface area contributed by atoms with Crippen molar-refractivity contribution >= 4 is 0 Å². The van der Waals surface area contributed by atoms with Crippen molar-refractivity contribution < 1.29 is 9.84 Å². The maximum atomic E-state index is 9.55. The van der Waals surface area contributed by atoms with E-state index in [1.165, 1.54) is 0 Å². The van der Waals surface area contributed by atoms with Crippen LogP contribution in [0.4, 0.5) is 0 Å². The van der Waals surface area contributed by atoms with Gasteiger partial charge in [-0.05, 0) is 26.2 Å². The molecule has 0 saturated heterocycles. The van der Waals surface area contributed by atoms with E-state index in [-0.39, 0.29) is 12.2 Å². The van der Waals surface area contributed by atoms with Crippen LogP contribution in [0.5, 0.6) is 0 Å². The molecule has 0 fully saturated rings. The molecular weight excluding hydrogens is 176 g/mol. The highest BCUT2D eigenvalue weighted by atomic mass is 16.5. The summed E-state index contributed by atoms with van der Waals surface area (Å²) in [5.74, 6) is 0. The molecule has 1 N–H and O–H groups in total. The topological polar surface area (TPSA) is 29.5 Å². The van der Waals surface area contributed by atoms with Crippen molar-refractivity contribution in [1.29, 1.82) is 0 Å². The number of aliphatic hydroxyl groups excluding tert-OH is 1. The van der Waals surface area contributed by atoms with Gasteiger partial charge in [-0.2, -0.15) is 0 Å². The normalized spacial score (nSPS) is 15.9. The van der Waals surface area contributed by atoms with E-state index < -0.39 is 0 Å². The zero-order valence-corrected chi connectivity index (χ0v) is 10.1. The van der Waals surface area contributed by atoms with Gasteiger partial charge in [0.25, 0.3) is 0 Å². The van der Waals surface area contributed by atoms with Gasteiger partial charge in [0, 0.05) is 0 Å². The lowest BCUT2D eigenvalue weighted by Gasteiger charge is -2.25. The predicted octanol–water partition coefficient (Wildman–Crippen LogP) is 3.13. The SMILES string of the molecule is CCCC[C@@H](OC(CC)CC)[C@H](C)O. The first-order chi connectivity index (χ1) is 6.65. The molecule has 0 aromatic rings. The summed E-state index contributed by atoms with van der Waals surface area (Å²) in [6, 6.07) is 0. The molecule has 0 radical (unpaired) electrons. The van der Waals surface area contributed by atoms with Gasteiger partial charge in [0.2, 0.25) is 0 Å². The van der Waals surface area contributed by atoms with Crippen molar-refractivity contribution in [3.63, 3.8) is 0 Å². The van der Waals surface area contributed by atoms with Gasteiger partial charge in [-0.15, -0.1) is 0 Å². The van der Waals surface area contributed by atoms with Crippen molar-refractivity contribution in [1.82, 2.24) is 0 Å². The van der Waals surface area contributed by atoms with Gasteiger partial charge >= 0.3 is 0 Å². The highest BCUT2D eigenvalue weighted by Crippen LogP contribution is 2.14. The molecule has 2 heteroatoms. The van der Waals surface area contributed by atoms with Crippen molar-refractivity contribution in [3.05, 3.63) is 0 Å². The molecule has 0 aliphatic rings. The van der Waals surface area contributed by atoms with Gasteiger partial charge in [-0.25, -0.2) is 0 Å². The van der Waals surface area contributed by atoms with Crippen LogP contribution in [0.2, 0.25) is 0 Å². The minimum absolute atomic E-state index is 0.0276. The van der Waals surface area contributed by atoms with Crippen LogP contribution in [-0.4, -0.2) is 23.4 Å². The first-order valence-corrected chi connectivity index (χ1v) is 5.99. The van der Waals surface area contributed by atoms with E-state index in [2.05, 4.69) is 20.8 Å². The Morgan fingerprint density at radius 1 is 1.14 bits per heavy atom. The fourth-order valence-electron chi connectivity index (χ4n) is 1.56. The molecule has 0 bridgehead atoms.